The molecule has 3 heteroatoms. The molecule has 0 fully saturated rings. The van der Waals surface area contributed by atoms with Crippen LogP contribution in [0.4, 0.5) is 0 Å². The van der Waals surface area contributed by atoms with Crippen molar-refractivity contribution in [3.8, 4) is 0 Å². The molecule has 2 N–H and O–H groups in total. The van der Waals surface area contributed by atoms with Crippen LogP contribution in [0.5, 0.6) is 0 Å². The Morgan fingerprint density at radius 3 is 2.47 bits per heavy atom. The van der Waals surface area contributed by atoms with Gasteiger partial charge >= 0.3 is 0 Å². The first-order valence-electron chi connectivity index (χ1n) is 7.02. The van der Waals surface area contributed by atoms with Gasteiger partial charge in [0.25, 0.3) is 0 Å². The Kier molecular flexibility index (Phi) is 6.84. The first-order valence-corrected chi connectivity index (χ1v) is 7.39. The standard InChI is InChI=1S/C16H26ClNO/c1-13(11-14-5-7-15(17)8-6-14)18-12-16(2,3)9-4-10-19/h5-8,13,18-19H,4,9-12H2,1-3H3. The van der Waals surface area contributed by atoms with Crippen molar-refractivity contribution in [2.75, 3.05) is 13.2 Å². The van der Waals surface area contributed by atoms with Crippen LogP contribution in [0.2, 0.25) is 5.02 Å². The lowest BCUT2D eigenvalue weighted by Crippen LogP contribution is -2.36. The molecule has 108 valence electrons. The van der Waals surface area contributed by atoms with E-state index in [0.29, 0.717) is 6.04 Å². The lowest BCUT2D eigenvalue weighted by molar-refractivity contribution is 0.232. The van der Waals surface area contributed by atoms with Gasteiger partial charge in [0.2, 0.25) is 0 Å². The molecule has 0 saturated heterocycles. The fraction of sp³-hybridized carbons (Fsp3) is 0.625. The smallest absolute Gasteiger partial charge is 0.0431 e. The van der Waals surface area contributed by atoms with Crippen LogP contribution in [0.15, 0.2) is 24.3 Å². The second-order valence-corrected chi connectivity index (χ2v) is 6.54. The molecule has 1 aromatic carbocycles. The van der Waals surface area contributed by atoms with Crippen molar-refractivity contribution in [2.24, 2.45) is 5.41 Å². The molecule has 0 spiro atoms. The molecular formula is C16H26ClNO. The van der Waals surface area contributed by atoms with Gasteiger partial charge in [-0.25, -0.2) is 0 Å². The Labute approximate surface area is 122 Å². The van der Waals surface area contributed by atoms with Gasteiger partial charge in [-0.15, -0.1) is 0 Å². The maximum atomic E-state index is 8.89. The van der Waals surface area contributed by atoms with Gasteiger partial charge in [0.15, 0.2) is 0 Å². The highest BCUT2D eigenvalue weighted by Crippen LogP contribution is 2.21. The average molecular weight is 284 g/mol. The molecule has 1 atom stereocenters. The topological polar surface area (TPSA) is 32.3 Å². The zero-order valence-corrected chi connectivity index (χ0v) is 13.0. The first-order chi connectivity index (χ1) is 8.93. The summed E-state index contributed by atoms with van der Waals surface area (Å²) in [6.07, 6.45) is 2.93. The van der Waals surface area contributed by atoms with Gasteiger partial charge in [-0.2, -0.15) is 0 Å². The normalized spacial score (nSPS) is 13.5. The second-order valence-electron chi connectivity index (χ2n) is 6.10. The van der Waals surface area contributed by atoms with E-state index in [-0.39, 0.29) is 12.0 Å². The van der Waals surface area contributed by atoms with Gasteiger partial charge in [-0.3, -0.25) is 0 Å². The summed E-state index contributed by atoms with van der Waals surface area (Å²) in [4.78, 5) is 0. The van der Waals surface area contributed by atoms with E-state index in [0.717, 1.165) is 30.8 Å². The average Bonchev–Trinajstić information content (AvgIpc) is 2.37. The monoisotopic (exact) mass is 283 g/mol. The van der Waals surface area contributed by atoms with Gasteiger partial charge in [-0.05, 0) is 49.3 Å². The Balaban J connectivity index is 2.34. The Bertz CT molecular complexity index is 362. The zero-order chi connectivity index (χ0) is 14.3. The molecule has 0 amide bonds. The molecule has 1 aromatic rings. The number of hydrogen-bond donors (Lipinski definition) is 2. The van der Waals surface area contributed by atoms with E-state index in [9.17, 15) is 0 Å². The van der Waals surface area contributed by atoms with E-state index in [1.54, 1.807) is 0 Å². The van der Waals surface area contributed by atoms with Crippen molar-refractivity contribution in [3.05, 3.63) is 34.9 Å². The number of rotatable bonds is 8. The van der Waals surface area contributed by atoms with Crippen molar-refractivity contribution >= 4 is 11.6 Å². The van der Waals surface area contributed by atoms with E-state index >= 15 is 0 Å². The van der Waals surface area contributed by atoms with Gasteiger partial charge in [0, 0.05) is 24.2 Å². The van der Waals surface area contributed by atoms with E-state index in [2.05, 4.69) is 38.2 Å². The summed E-state index contributed by atoms with van der Waals surface area (Å²) in [5.74, 6) is 0. The lowest BCUT2D eigenvalue weighted by Gasteiger charge is -2.27. The lowest BCUT2D eigenvalue weighted by atomic mass is 9.87. The number of halogens is 1. The predicted octanol–water partition coefficient (Wildman–Crippen LogP) is 3.66. The third kappa shape index (κ3) is 6.95. The van der Waals surface area contributed by atoms with Crippen LogP contribution in [0.25, 0.3) is 0 Å². The second kappa shape index (κ2) is 7.88. The molecule has 2 nitrogen and oxygen atoms in total. The largest absolute Gasteiger partial charge is 0.396 e. The molecule has 0 bridgehead atoms. The Hall–Kier alpha value is -0.570. The van der Waals surface area contributed by atoms with E-state index < -0.39 is 0 Å². The van der Waals surface area contributed by atoms with E-state index in [1.165, 1.54) is 5.56 Å². The van der Waals surface area contributed by atoms with Crippen LogP contribution in [0.1, 0.15) is 39.2 Å². The molecule has 0 aliphatic rings. The quantitative estimate of drug-likeness (QED) is 0.763. The summed E-state index contributed by atoms with van der Waals surface area (Å²) >= 11 is 5.88. The minimum Gasteiger partial charge on any atom is -0.396 e. The van der Waals surface area contributed by atoms with Crippen molar-refractivity contribution in [3.63, 3.8) is 0 Å². The maximum absolute atomic E-state index is 8.89. The molecule has 0 radical (unpaired) electrons. The van der Waals surface area contributed by atoms with Gasteiger partial charge in [0.05, 0.1) is 0 Å². The molecule has 19 heavy (non-hydrogen) atoms. The molecular weight excluding hydrogens is 258 g/mol. The molecule has 0 aliphatic carbocycles. The predicted molar refractivity (Wildman–Crippen MR) is 82.7 cm³/mol. The third-order valence-corrected chi connectivity index (χ3v) is 3.65. The third-order valence-electron chi connectivity index (χ3n) is 3.40. The highest BCUT2D eigenvalue weighted by molar-refractivity contribution is 6.30. The SMILES string of the molecule is CC(Cc1ccc(Cl)cc1)NCC(C)(C)CCCO. The molecule has 0 aromatic heterocycles. The summed E-state index contributed by atoms with van der Waals surface area (Å²) < 4.78 is 0. The van der Waals surface area contributed by atoms with Crippen molar-refractivity contribution in [1.29, 1.82) is 0 Å². The van der Waals surface area contributed by atoms with Crippen molar-refractivity contribution < 1.29 is 5.11 Å². The molecule has 1 unspecified atom stereocenters. The number of aliphatic hydroxyl groups is 1. The summed E-state index contributed by atoms with van der Waals surface area (Å²) in [7, 11) is 0. The van der Waals surface area contributed by atoms with Gasteiger partial charge in [-0.1, -0.05) is 37.6 Å². The first kappa shape index (κ1) is 16.5. The minimum absolute atomic E-state index is 0.233. The van der Waals surface area contributed by atoms with Crippen LogP contribution in [-0.2, 0) is 6.42 Å². The molecule has 0 aliphatic heterocycles. The number of benzene rings is 1. The summed E-state index contributed by atoms with van der Waals surface area (Å²) in [5, 5.41) is 13.3. The van der Waals surface area contributed by atoms with Crippen LogP contribution in [0.3, 0.4) is 0 Å². The molecule has 1 rings (SSSR count). The minimum atomic E-state index is 0.233. The maximum Gasteiger partial charge on any atom is 0.0431 e. The van der Waals surface area contributed by atoms with Crippen LogP contribution < -0.4 is 5.32 Å². The van der Waals surface area contributed by atoms with Crippen LogP contribution in [-0.4, -0.2) is 24.3 Å². The number of nitrogens with one attached hydrogen (secondary N) is 1. The highest BCUT2D eigenvalue weighted by atomic mass is 35.5. The summed E-state index contributed by atoms with van der Waals surface area (Å²) in [6.45, 7) is 7.94. The van der Waals surface area contributed by atoms with Gasteiger partial charge < -0.3 is 10.4 Å². The van der Waals surface area contributed by atoms with Crippen LogP contribution in [0, 0.1) is 5.41 Å². The Morgan fingerprint density at radius 2 is 1.89 bits per heavy atom. The summed E-state index contributed by atoms with van der Waals surface area (Å²) in [5.41, 5.74) is 1.54. The molecule has 0 saturated carbocycles. The highest BCUT2D eigenvalue weighted by Gasteiger charge is 2.18. The van der Waals surface area contributed by atoms with Crippen molar-refractivity contribution in [1.82, 2.24) is 5.32 Å². The van der Waals surface area contributed by atoms with Gasteiger partial charge in [0.1, 0.15) is 0 Å². The van der Waals surface area contributed by atoms with E-state index in [1.807, 2.05) is 12.1 Å². The fourth-order valence-electron chi connectivity index (χ4n) is 2.14. The number of aliphatic hydroxyl groups excluding tert-OH is 1. The zero-order valence-electron chi connectivity index (χ0n) is 12.2. The Morgan fingerprint density at radius 1 is 1.26 bits per heavy atom. The molecule has 0 heterocycles. The van der Waals surface area contributed by atoms with Crippen LogP contribution >= 0.6 is 11.6 Å². The number of hydrogen-bond acceptors (Lipinski definition) is 2. The summed E-state index contributed by atoms with van der Waals surface area (Å²) in [6, 6.07) is 8.48. The van der Waals surface area contributed by atoms with E-state index in [4.69, 9.17) is 16.7 Å². The fourth-order valence-corrected chi connectivity index (χ4v) is 2.27. The van der Waals surface area contributed by atoms with Crippen molar-refractivity contribution in [2.45, 2.75) is 46.1 Å².